The second-order valence-electron chi connectivity index (χ2n) is 3.97. The zero-order valence-electron chi connectivity index (χ0n) is 7.79. The van der Waals surface area contributed by atoms with Crippen LogP contribution in [0.15, 0.2) is 0 Å². The standard InChI is InChI=1S/C10H18O2/c1-8(10-7-11-10)12-9-5-3-2-4-6-9/h8-10H,2-7H2,1H3/t8-,10+/m1/s1. The average molecular weight is 170 g/mol. The molecule has 0 spiro atoms. The van der Waals surface area contributed by atoms with Gasteiger partial charge in [0.25, 0.3) is 0 Å². The normalized spacial score (nSPS) is 33.2. The number of rotatable bonds is 3. The van der Waals surface area contributed by atoms with E-state index in [-0.39, 0.29) is 0 Å². The van der Waals surface area contributed by atoms with Crippen LogP contribution in [-0.2, 0) is 9.47 Å². The molecule has 1 saturated heterocycles. The van der Waals surface area contributed by atoms with Gasteiger partial charge in [0.15, 0.2) is 0 Å². The van der Waals surface area contributed by atoms with Crippen LogP contribution in [0.25, 0.3) is 0 Å². The monoisotopic (exact) mass is 170 g/mol. The lowest BCUT2D eigenvalue weighted by Gasteiger charge is -2.24. The second-order valence-corrected chi connectivity index (χ2v) is 3.97. The summed E-state index contributed by atoms with van der Waals surface area (Å²) in [6, 6.07) is 0. The van der Waals surface area contributed by atoms with E-state index < -0.39 is 0 Å². The van der Waals surface area contributed by atoms with E-state index in [9.17, 15) is 0 Å². The average Bonchev–Trinajstić information content (AvgIpc) is 2.88. The SMILES string of the molecule is C[C@@H](OC1CCCCC1)[C@@H]1CO1. The van der Waals surface area contributed by atoms with Crippen molar-refractivity contribution in [1.82, 2.24) is 0 Å². The third-order valence-electron chi connectivity index (χ3n) is 2.84. The van der Waals surface area contributed by atoms with E-state index in [0.717, 1.165) is 6.61 Å². The summed E-state index contributed by atoms with van der Waals surface area (Å²) < 4.78 is 11.1. The Morgan fingerprint density at radius 2 is 1.92 bits per heavy atom. The Morgan fingerprint density at radius 1 is 1.25 bits per heavy atom. The zero-order chi connectivity index (χ0) is 8.39. The molecule has 1 aliphatic carbocycles. The van der Waals surface area contributed by atoms with E-state index in [4.69, 9.17) is 9.47 Å². The Bertz CT molecular complexity index is 137. The summed E-state index contributed by atoms with van der Waals surface area (Å²) in [5.41, 5.74) is 0. The third-order valence-corrected chi connectivity index (χ3v) is 2.84. The van der Waals surface area contributed by atoms with E-state index in [1.807, 2.05) is 0 Å². The Hall–Kier alpha value is -0.0800. The molecule has 1 saturated carbocycles. The van der Waals surface area contributed by atoms with Crippen molar-refractivity contribution in [1.29, 1.82) is 0 Å². The van der Waals surface area contributed by atoms with Crippen molar-refractivity contribution in [3.8, 4) is 0 Å². The molecule has 0 amide bonds. The zero-order valence-corrected chi connectivity index (χ0v) is 7.79. The minimum absolute atomic E-state index is 0.327. The highest BCUT2D eigenvalue weighted by molar-refractivity contribution is 4.78. The molecule has 0 bridgehead atoms. The molecule has 12 heavy (non-hydrogen) atoms. The Labute approximate surface area is 74.2 Å². The molecular weight excluding hydrogens is 152 g/mol. The van der Waals surface area contributed by atoms with Gasteiger partial charge in [0.1, 0.15) is 6.10 Å². The Kier molecular flexibility index (Phi) is 2.66. The van der Waals surface area contributed by atoms with E-state index in [1.165, 1.54) is 32.1 Å². The Morgan fingerprint density at radius 3 is 2.50 bits per heavy atom. The first kappa shape index (κ1) is 8.52. The predicted octanol–water partition coefficient (Wildman–Crippen LogP) is 2.12. The largest absolute Gasteiger partial charge is 0.372 e. The van der Waals surface area contributed by atoms with Crippen LogP contribution in [0.1, 0.15) is 39.0 Å². The fourth-order valence-corrected chi connectivity index (χ4v) is 1.92. The van der Waals surface area contributed by atoms with Crippen LogP contribution in [0.4, 0.5) is 0 Å². The highest BCUT2D eigenvalue weighted by Crippen LogP contribution is 2.25. The molecule has 2 fully saturated rings. The quantitative estimate of drug-likeness (QED) is 0.605. The summed E-state index contributed by atoms with van der Waals surface area (Å²) in [6.07, 6.45) is 7.88. The maximum Gasteiger partial charge on any atom is 0.107 e. The van der Waals surface area contributed by atoms with E-state index in [1.54, 1.807) is 0 Å². The molecule has 0 aromatic carbocycles. The number of hydrogen-bond acceptors (Lipinski definition) is 2. The molecule has 0 unspecified atom stereocenters. The fourth-order valence-electron chi connectivity index (χ4n) is 1.92. The van der Waals surface area contributed by atoms with Crippen molar-refractivity contribution in [2.45, 2.75) is 57.3 Å². The molecule has 2 aliphatic rings. The van der Waals surface area contributed by atoms with E-state index in [0.29, 0.717) is 18.3 Å². The van der Waals surface area contributed by atoms with Gasteiger partial charge in [0.05, 0.1) is 18.8 Å². The molecule has 0 aromatic rings. The minimum atomic E-state index is 0.327. The van der Waals surface area contributed by atoms with Crippen LogP contribution in [0.5, 0.6) is 0 Å². The smallest absolute Gasteiger partial charge is 0.107 e. The van der Waals surface area contributed by atoms with Crippen LogP contribution in [0.3, 0.4) is 0 Å². The predicted molar refractivity (Wildman–Crippen MR) is 47.2 cm³/mol. The topological polar surface area (TPSA) is 21.8 Å². The molecule has 0 aromatic heterocycles. The fraction of sp³-hybridized carbons (Fsp3) is 1.00. The number of epoxide rings is 1. The molecule has 0 N–H and O–H groups in total. The maximum absolute atomic E-state index is 5.89. The van der Waals surface area contributed by atoms with Gasteiger partial charge in [-0.05, 0) is 19.8 Å². The first-order valence-corrected chi connectivity index (χ1v) is 5.13. The summed E-state index contributed by atoms with van der Waals surface area (Å²) in [5, 5.41) is 0. The Balaban J connectivity index is 1.69. The summed E-state index contributed by atoms with van der Waals surface area (Å²) in [7, 11) is 0. The molecular formula is C10H18O2. The molecule has 2 atom stereocenters. The molecule has 1 heterocycles. The lowest BCUT2D eigenvalue weighted by atomic mass is 9.97. The van der Waals surface area contributed by atoms with Crippen molar-refractivity contribution < 1.29 is 9.47 Å². The van der Waals surface area contributed by atoms with Crippen molar-refractivity contribution in [3.05, 3.63) is 0 Å². The highest BCUT2D eigenvalue weighted by Gasteiger charge is 2.32. The van der Waals surface area contributed by atoms with E-state index >= 15 is 0 Å². The highest BCUT2D eigenvalue weighted by atomic mass is 16.6. The lowest BCUT2D eigenvalue weighted by Crippen LogP contribution is -2.25. The van der Waals surface area contributed by atoms with Gasteiger partial charge in [-0.1, -0.05) is 19.3 Å². The van der Waals surface area contributed by atoms with Gasteiger partial charge in [-0.3, -0.25) is 0 Å². The van der Waals surface area contributed by atoms with Crippen molar-refractivity contribution in [3.63, 3.8) is 0 Å². The van der Waals surface area contributed by atoms with E-state index in [2.05, 4.69) is 6.92 Å². The molecule has 2 rings (SSSR count). The summed E-state index contributed by atoms with van der Waals surface area (Å²) >= 11 is 0. The first-order chi connectivity index (χ1) is 5.86. The molecule has 0 radical (unpaired) electrons. The van der Waals surface area contributed by atoms with Gasteiger partial charge >= 0.3 is 0 Å². The van der Waals surface area contributed by atoms with Gasteiger partial charge < -0.3 is 9.47 Å². The maximum atomic E-state index is 5.89. The van der Waals surface area contributed by atoms with Gasteiger partial charge in [-0.25, -0.2) is 0 Å². The summed E-state index contributed by atoms with van der Waals surface area (Å²) in [4.78, 5) is 0. The van der Waals surface area contributed by atoms with Crippen LogP contribution in [0, 0.1) is 0 Å². The van der Waals surface area contributed by atoms with Crippen molar-refractivity contribution in [2.24, 2.45) is 0 Å². The van der Waals surface area contributed by atoms with Crippen LogP contribution in [0.2, 0.25) is 0 Å². The number of ether oxygens (including phenoxy) is 2. The molecule has 70 valence electrons. The van der Waals surface area contributed by atoms with Crippen LogP contribution in [-0.4, -0.2) is 24.9 Å². The third kappa shape index (κ3) is 2.20. The minimum Gasteiger partial charge on any atom is -0.372 e. The second kappa shape index (κ2) is 3.75. The molecule has 1 aliphatic heterocycles. The molecule has 2 heteroatoms. The van der Waals surface area contributed by atoms with Gasteiger partial charge in [0, 0.05) is 0 Å². The van der Waals surface area contributed by atoms with Gasteiger partial charge in [-0.2, -0.15) is 0 Å². The first-order valence-electron chi connectivity index (χ1n) is 5.13. The van der Waals surface area contributed by atoms with Crippen LogP contribution >= 0.6 is 0 Å². The van der Waals surface area contributed by atoms with Gasteiger partial charge in [0.2, 0.25) is 0 Å². The number of hydrogen-bond donors (Lipinski definition) is 0. The van der Waals surface area contributed by atoms with Crippen molar-refractivity contribution in [2.75, 3.05) is 6.61 Å². The van der Waals surface area contributed by atoms with Crippen molar-refractivity contribution >= 4 is 0 Å². The van der Waals surface area contributed by atoms with Gasteiger partial charge in [-0.15, -0.1) is 0 Å². The summed E-state index contributed by atoms with van der Waals surface area (Å²) in [6.45, 7) is 3.04. The lowest BCUT2D eigenvalue weighted by molar-refractivity contribution is -0.0322. The van der Waals surface area contributed by atoms with Crippen LogP contribution < -0.4 is 0 Å². The summed E-state index contributed by atoms with van der Waals surface area (Å²) in [5.74, 6) is 0. The molecule has 2 nitrogen and oxygen atoms in total.